The lowest BCUT2D eigenvalue weighted by Crippen LogP contribution is -2.59. The zero-order chi connectivity index (χ0) is 30.1. The summed E-state index contributed by atoms with van der Waals surface area (Å²) in [7, 11) is 1.19. The van der Waals surface area contributed by atoms with E-state index >= 15 is 4.79 Å². The number of nitrogens with zero attached hydrogens (tertiary/aromatic N) is 2. The highest BCUT2D eigenvalue weighted by atomic mass is 16.5. The molecule has 3 heterocycles. The smallest absolute Gasteiger partial charge is 0.311 e. The molecular formula is C34H28N2O7. The predicted molar refractivity (Wildman–Crippen MR) is 155 cm³/mol. The number of esters is 1. The fourth-order valence-electron chi connectivity index (χ4n) is 7.86. The van der Waals surface area contributed by atoms with Gasteiger partial charge >= 0.3 is 5.97 Å². The first-order valence-corrected chi connectivity index (χ1v) is 14.0. The number of fused-ring (bicyclic) bond motifs is 4. The van der Waals surface area contributed by atoms with Crippen LogP contribution >= 0.6 is 0 Å². The number of imide groups is 1. The first kappa shape index (κ1) is 26.9. The number of ether oxygens (including phenoxy) is 1. The minimum absolute atomic E-state index is 0.00127. The summed E-state index contributed by atoms with van der Waals surface area (Å²) in [6.45, 7) is 1.44. The molecular weight excluding hydrogens is 548 g/mol. The Hall–Kier alpha value is -5.02. The van der Waals surface area contributed by atoms with E-state index in [-0.39, 0.29) is 30.0 Å². The SMILES string of the molecule is COC(=O)[C@H]1[C@@]2(C(=O)N(C(C)=O)c3ccccc32)[C@@](O)(c2ccco2)C[C@]12C(=O)N(Cc1ccccc1)c1ccccc12. The van der Waals surface area contributed by atoms with Crippen molar-refractivity contribution < 1.29 is 33.4 Å². The van der Waals surface area contributed by atoms with Crippen LogP contribution in [0.5, 0.6) is 0 Å². The maximum Gasteiger partial charge on any atom is 0.311 e. The molecule has 0 saturated heterocycles. The molecule has 3 aromatic carbocycles. The molecule has 216 valence electrons. The van der Waals surface area contributed by atoms with Crippen molar-refractivity contribution in [3.8, 4) is 0 Å². The monoisotopic (exact) mass is 576 g/mol. The number of hydrogen-bond acceptors (Lipinski definition) is 7. The van der Waals surface area contributed by atoms with Crippen molar-refractivity contribution in [1.29, 1.82) is 0 Å². The Kier molecular flexibility index (Phi) is 5.77. The summed E-state index contributed by atoms with van der Waals surface area (Å²) in [5, 5.41) is 13.0. The van der Waals surface area contributed by atoms with Gasteiger partial charge in [-0.05, 0) is 41.0 Å². The van der Waals surface area contributed by atoms with Crippen molar-refractivity contribution in [2.75, 3.05) is 16.9 Å². The molecule has 0 radical (unpaired) electrons. The van der Waals surface area contributed by atoms with E-state index in [0.717, 1.165) is 10.5 Å². The van der Waals surface area contributed by atoms with Crippen LogP contribution in [0.1, 0.15) is 35.8 Å². The number of furan rings is 1. The van der Waals surface area contributed by atoms with Gasteiger partial charge in [0.05, 0.1) is 36.9 Å². The number of hydrogen-bond donors (Lipinski definition) is 1. The highest BCUT2D eigenvalue weighted by molar-refractivity contribution is 6.25. The molecule has 2 spiro atoms. The van der Waals surface area contributed by atoms with Crippen molar-refractivity contribution >= 4 is 35.1 Å². The first-order valence-electron chi connectivity index (χ1n) is 14.0. The van der Waals surface area contributed by atoms with Crippen LogP contribution < -0.4 is 9.80 Å². The minimum Gasteiger partial charge on any atom is -0.469 e. The predicted octanol–water partition coefficient (Wildman–Crippen LogP) is 3.98. The Morgan fingerprint density at radius 2 is 1.53 bits per heavy atom. The fraction of sp³-hybridized carbons (Fsp3) is 0.235. The van der Waals surface area contributed by atoms with E-state index in [2.05, 4.69) is 0 Å². The first-order chi connectivity index (χ1) is 20.7. The van der Waals surface area contributed by atoms with E-state index in [1.807, 2.05) is 30.3 Å². The third-order valence-electron chi connectivity index (χ3n) is 9.39. The number of carbonyl (C=O) groups excluding carboxylic acids is 4. The Balaban J connectivity index is 1.57. The maximum absolute atomic E-state index is 15.0. The van der Waals surface area contributed by atoms with Crippen molar-refractivity contribution in [3.63, 3.8) is 0 Å². The summed E-state index contributed by atoms with van der Waals surface area (Å²) in [6.07, 6.45) is 0.986. The van der Waals surface area contributed by atoms with Gasteiger partial charge < -0.3 is 19.2 Å². The summed E-state index contributed by atoms with van der Waals surface area (Å²) in [4.78, 5) is 59.8. The molecule has 1 N–H and O–H groups in total. The third-order valence-corrected chi connectivity index (χ3v) is 9.39. The number of amides is 3. The molecule has 9 nitrogen and oxygen atoms in total. The van der Waals surface area contributed by atoms with Gasteiger partial charge in [0.1, 0.15) is 16.8 Å². The zero-order valence-corrected chi connectivity index (χ0v) is 23.5. The number of aliphatic hydroxyl groups is 1. The molecule has 0 unspecified atom stereocenters. The molecule has 9 heteroatoms. The van der Waals surface area contributed by atoms with E-state index in [1.54, 1.807) is 59.5 Å². The topological polar surface area (TPSA) is 117 Å². The van der Waals surface area contributed by atoms with Crippen LogP contribution in [0.3, 0.4) is 0 Å². The summed E-state index contributed by atoms with van der Waals surface area (Å²) in [5.41, 5.74) is -3.76. The normalized spacial score (nSPS) is 27.2. The second kappa shape index (κ2) is 9.24. The maximum atomic E-state index is 15.0. The van der Waals surface area contributed by atoms with Crippen molar-refractivity contribution in [3.05, 3.63) is 120 Å². The molecule has 3 amide bonds. The van der Waals surface area contributed by atoms with Crippen LogP contribution in [-0.4, -0.2) is 35.9 Å². The van der Waals surface area contributed by atoms with Gasteiger partial charge in [-0.3, -0.25) is 19.2 Å². The van der Waals surface area contributed by atoms with Gasteiger partial charge in [-0.25, -0.2) is 4.90 Å². The highest BCUT2D eigenvalue weighted by Crippen LogP contribution is 2.71. The quantitative estimate of drug-likeness (QED) is 0.365. The average Bonchev–Trinajstić information content (AvgIpc) is 3.75. The zero-order valence-electron chi connectivity index (χ0n) is 23.5. The van der Waals surface area contributed by atoms with Crippen LogP contribution in [0.4, 0.5) is 11.4 Å². The van der Waals surface area contributed by atoms with Gasteiger partial charge in [0.15, 0.2) is 0 Å². The molecule has 1 aromatic heterocycles. The van der Waals surface area contributed by atoms with Crippen LogP contribution in [0.25, 0.3) is 0 Å². The second-order valence-electron chi connectivity index (χ2n) is 11.3. The van der Waals surface area contributed by atoms with E-state index in [1.165, 1.54) is 26.4 Å². The van der Waals surface area contributed by atoms with E-state index in [9.17, 15) is 19.5 Å². The lowest BCUT2D eigenvalue weighted by Gasteiger charge is -2.40. The lowest BCUT2D eigenvalue weighted by atomic mass is 9.61. The van der Waals surface area contributed by atoms with Crippen molar-refractivity contribution in [1.82, 2.24) is 0 Å². The third kappa shape index (κ3) is 3.20. The van der Waals surface area contributed by atoms with Crippen LogP contribution in [-0.2, 0) is 46.9 Å². The van der Waals surface area contributed by atoms with Crippen molar-refractivity contribution in [2.45, 2.75) is 36.3 Å². The van der Waals surface area contributed by atoms with E-state index < -0.39 is 46.0 Å². The van der Waals surface area contributed by atoms with E-state index in [4.69, 9.17) is 9.15 Å². The number of anilines is 2. The van der Waals surface area contributed by atoms with Gasteiger partial charge in [-0.1, -0.05) is 66.7 Å². The minimum atomic E-state index is -2.24. The van der Waals surface area contributed by atoms with Gasteiger partial charge in [-0.15, -0.1) is 0 Å². The molecule has 1 saturated carbocycles. The molecule has 7 rings (SSSR count). The summed E-state index contributed by atoms with van der Waals surface area (Å²) in [6, 6.07) is 26.2. The van der Waals surface area contributed by atoms with Gasteiger partial charge in [0, 0.05) is 19.0 Å². The van der Waals surface area contributed by atoms with E-state index in [0.29, 0.717) is 11.3 Å². The Morgan fingerprint density at radius 3 is 2.19 bits per heavy atom. The van der Waals surface area contributed by atoms with Crippen molar-refractivity contribution in [2.24, 2.45) is 5.92 Å². The molecule has 4 atom stereocenters. The van der Waals surface area contributed by atoms with Gasteiger partial charge in [-0.2, -0.15) is 0 Å². The standard InChI is InChI=1S/C34H28N2O7/c1-21(37)36-26-16-9-7-14-24(26)34(31(36)40)28(29(38)42-2)32(20-33(34,41)27-17-10-18-43-27)23-13-6-8-15-25(23)35(30(32)39)19-22-11-4-3-5-12-22/h3-18,28,41H,19-20H2,1-2H3/t28-,32-,33+,34+/m1/s1. The number of carbonyl (C=O) groups is 4. The fourth-order valence-corrected chi connectivity index (χ4v) is 7.86. The molecule has 1 aliphatic carbocycles. The Labute approximate surface area is 247 Å². The summed E-state index contributed by atoms with van der Waals surface area (Å²) in [5.74, 6) is -4.29. The lowest BCUT2D eigenvalue weighted by molar-refractivity contribution is -0.159. The van der Waals surface area contributed by atoms with Crippen LogP contribution in [0.15, 0.2) is 102 Å². The van der Waals surface area contributed by atoms with Gasteiger partial charge in [0.25, 0.3) is 0 Å². The second-order valence-corrected chi connectivity index (χ2v) is 11.3. The summed E-state index contributed by atoms with van der Waals surface area (Å²) < 4.78 is 11.2. The number of para-hydroxylation sites is 2. The van der Waals surface area contributed by atoms with Gasteiger partial charge in [0.2, 0.25) is 17.7 Å². The van der Waals surface area contributed by atoms with Crippen LogP contribution in [0, 0.1) is 5.92 Å². The molecule has 4 aromatic rings. The van der Waals surface area contributed by atoms with Crippen LogP contribution in [0.2, 0.25) is 0 Å². The molecule has 0 bridgehead atoms. The molecule has 43 heavy (non-hydrogen) atoms. The number of benzene rings is 3. The average molecular weight is 577 g/mol. The highest BCUT2D eigenvalue weighted by Gasteiger charge is 2.83. The number of methoxy groups -OCH3 is 1. The largest absolute Gasteiger partial charge is 0.469 e. The molecule has 2 aliphatic heterocycles. The molecule has 1 fully saturated rings. The summed E-state index contributed by atoms with van der Waals surface area (Å²) >= 11 is 0. The molecule has 3 aliphatic rings. The Morgan fingerprint density at radius 1 is 0.884 bits per heavy atom. The Bertz CT molecular complexity index is 1800. The number of rotatable bonds is 4.